The standard InChI is InChI=1S/C19H19BrN4OS2/c1-11-5-4-6-16(13(11)3)22-18-23-24-19(27-18)26-10-17(25)21-14-7-8-15(20)12(2)9-14/h4-9H,10H2,1-3H3,(H,21,25)(H,22,23). The molecule has 140 valence electrons. The molecule has 5 nitrogen and oxygen atoms in total. The molecule has 3 rings (SSSR count). The molecule has 1 amide bonds. The van der Waals surface area contributed by atoms with Gasteiger partial charge < -0.3 is 10.6 Å². The van der Waals surface area contributed by atoms with Crippen LogP contribution in [0, 0.1) is 20.8 Å². The predicted molar refractivity (Wildman–Crippen MR) is 117 cm³/mol. The Morgan fingerprint density at radius 3 is 2.74 bits per heavy atom. The molecular weight excluding hydrogens is 444 g/mol. The minimum Gasteiger partial charge on any atom is -0.330 e. The maximum atomic E-state index is 12.2. The molecule has 8 heteroatoms. The van der Waals surface area contributed by atoms with Gasteiger partial charge in [-0.1, -0.05) is 51.2 Å². The number of carbonyl (C=O) groups is 1. The first-order chi connectivity index (χ1) is 12.9. The van der Waals surface area contributed by atoms with E-state index in [4.69, 9.17) is 0 Å². The largest absolute Gasteiger partial charge is 0.330 e. The topological polar surface area (TPSA) is 66.9 Å². The molecule has 27 heavy (non-hydrogen) atoms. The maximum Gasteiger partial charge on any atom is 0.234 e. The average Bonchev–Trinajstić information content (AvgIpc) is 3.08. The van der Waals surface area contributed by atoms with Crippen molar-refractivity contribution in [3.05, 3.63) is 57.6 Å². The van der Waals surface area contributed by atoms with Crippen LogP contribution in [0.25, 0.3) is 0 Å². The zero-order chi connectivity index (χ0) is 19.4. The number of amides is 1. The average molecular weight is 463 g/mol. The summed E-state index contributed by atoms with van der Waals surface area (Å²) in [6.07, 6.45) is 0. The van der Waals surface area contributed by atoms with E-state index in [1.54, 1.807) is 0 Å². The number of rotatable bonds is 6. The van der Waals surface area contributed by atoms with Crippen LogP contribution < -0.4 is 10.6 Å². The fraction of sp³-hybridized carbons (Fsp3) is 0.211. The van der Waals surface area contributed by atoms with Gasteiger partial charge in [0.1, 0.15) is 0 Å². The number of aromatic nitrogens is 2. The molecule has 0 saturated heterocycles. The molecule has 0 aliphatic rings. The molecule has 0 fully saturated rings. The fourth-order valence-corrected chi connectivity index (χ4v) is 4.18. The van der Waals surface area contributed by atoms with E-state index in [1.807, 2.05) is 37.3 Å². The Kier molecular flexibility index (Phi) is 6.51. The second kappa shape index (κ2) is 8.86. The first-order valence-electron chi connectivity index (χ1n) is 8.28. The Bertz CT molecular complexity index is 974. The first kappa shape index (κ1) is 19.9. The van der Waals surface area contributed by atoms with E-state index in [0.717, 1.165) is 30.9 Å². The summed E-state index contributed by atoms with van der Waals surface area (Å²) < 4.78 is 1.78. The van der Waals surface area contributed by atoms with Crippen molar-refractivity contribution in [3.8, 4) is 0 Å². The molecule has 0 aliphatic carbocycles. The summed E-state index contributed by atoms with van der Waals surface area (Å²) in [5.41, 5.74) is 5.29. The molecule has 0 atom stereocenters. The highest BCUT2D eigenvalue weighted by atomic mass is 79.9. The zero-order valence-corrected chi connectivity index (χ0v) is 18.4. The molecule has 0 saturated carbocycles. The SMILES string of the molecule is Cc1cc(NC(=O)CSc2nnc(Nc3cccc(C)c3C)s2)ccc1Br. The summed E-state index contributed by atoms with van der Waals surface area (Å²) >= 11 is 6.27. The van der Waals surface area contributed by atoms with Gasteiger partial charge in [-0.15, -0.1) is 10.2 Å². The first-order valence-corrected chi connectivity index (χ1v) is 10.9. The van der Waals surface area contributed by atoms with Gasteiger partial charge in [0.05, 0.1) is 5.75 Å². The summed E-state index contributed by atoms with van der Waals surface area (Å²) in [5.74, 6) is 0.216. The lowest BCUT2D eigenvalue weighted by Gasteiger charge is -2.08. The molecule has 1 heterocycles. The summed E-state index contributed by atoms with van der Waals surface area (Å²) in [7, 11) is 0. The van der Waals surface area contributed by atoms with E-state index in [0.29, 0.717) is 0 Å². The van der Waals surface area contributed by atoms with Crippen molar-refractivity contribution in [2.75, 3.05) is 16.4 Å². The van der Waals surface area contributed by atoms with Crippen LogP contribution >= 0.6 is 39.0 Å². The van der Waals surface area contributed by atoms with Crippen LogP contribution in [-0.2, 0) is 4.79 Å². The van der Waals surface area contributed by atoms with E-state index in [1.165, 1.54) is 34.2 Å². The van der Waals surface area contributed by atoms with Crippen molar-refractivity contribution < 1.29 is 4.79 Å². The fourth-order valence-electron chi connectivity index (χ4n) is 2.37. The van der Waals surface area contributed by atoms with E-state index in [-0.39, 0.29) is 11.7 Å². The summed E-state index contributed by atoms with van der Waals surface area (Å²) in [4.78, 5) is 12.2. The molecule has 2 aromatic carbocycles. The molecule has 1 aromatic heterocycles. The molecule has 3 aromatic rings. The number of aryl methyl sites for hydroxylation is 2. The number of hydrogen-bond acceptors (Lipinski definition) is 6. The lowest BCUT2D eigenvalue weighted by Crippen LogP contribution is -2.14. The van der Waals surface area contributed by atoms with Crippen molar-refractivity contribution in [2.24, 2.45) is 0 Å². The Morgan fingerprint density at radius 2 is 1.96 bits per heavy atom. The van der Waals surface area contributed by atoms with Crippen LogP contribution in [0.1, 0.15) is 16.7 Å². The van der Waals surface area contributed by atoms with Gasteiger partial charge in [-0.25, -0.2) is 0 Å². The van der Waals surface area contributed by atoms with Crippen LogP contribution in [0.15, 0.2) is 45.2 Å². The third-order valence-corrected chi connectivity index (χ3v) is 6.88. The summed E-state index contributed by atoms with van der Waals surface area (Å²) in [6, 6.07) is 11.8. The number of carbonyl (C=O) groups excluding carboxylic acids is 1. The van der Waals surface area contributed by atoms with Gasteiger partial charge >= 0.3 is 0 Å². The number of hydrogen-bond donors (Lipinski definition) is 2. The molecule has 0 bridgehead atoms. The number of nitrogens with zero attached hydrogens (tertiary/aromatic N) is 2. The van der Waals surface area contributed by atoms with E-state index >= 15 is 0 Å². The lowest BCUT2D eigenvalue weighted by molar-refractivity contribution is -0.113. The number of thioether (sulfide) groups is 1. The summed E-state index contributed by atoms with van der Waals surface area (Å²) in [5, 5.41) is 15.2. The van der Waals surface area contributed by atoms with Crippen LogP contribution in [-0.4, -0.2) is 21.9 Å². The quantitative estimate of drug-likeness (QED) is 0.459. The van der Waals surface area contributed by atoms with Gasteiger partial charge in [0.2, 0.25) is 11.0 Å². The Hall–Kier alpha value is -1.90. The Morgan fingerprint density at radius 1 is 1.15 bits per heavy atom. The van der Waals surface area contributed by atoms with Crippen molar-refractivity contribution in [2.45, 2.75) is 25.1 Å². The van der Waals surface area contributed by atoms with Gasteiger partial charge in [-0.3, -0.25) is 4.79 Å². The highest BCUT2D eigenvalue weighted by Gasteiger charge is 2.10. The van der Waals surface area contributed by atoms with Crippen molar-refractivity contribution >= 4 is 61.4 Å². The molecule has 0 unspecified atom stereocenters. The number of anilines is 3. The molecule has 0 radical (unpaired) electrons. The van der Waals surface area contributed by atoms with Gasteiger partial charge in [-0.2, -0.15) is 0 Å². The van der Waals surface area contributed by atoms with Crippen molar-refractivity contribution in [1.29, 1.82) is 0 Å². The Balaban J connectivity index is 1.55. The van der Waals surface area contributed by atoms with Crippen LogP contribution in [0.2, 0.25) is 0 Å². The normalized spacial score (nSPS) is 10.7. The summed E-state index contributed by atoms with van der Waals surface area (Å²) in [6.45, 7) is 6.14. The van der Waals surface area contributed by atoms with Gasteiger partial charge in [0.15, 0.2) is 4.34 Å². The van der Waals surface area contributed by atoms with Crippen molar-refractivity contribution in [1.82, 2.24) is 10.2 Å². The number of halogens is 1. The van der Waals surface area contributed by atoms with Crippen LogP contribution in [0.4, 0.5) is 16.5 Å². The minimum absolute atomic E-state index is 0.0686. The van der Waals surface area contributed by atoms with Gasteiger partial charge in [0.25, 0.3) is 0 Å². The van der Waals surface area contributed by atoms with E-state index in [9.17, 15) is 4.79 Å². The highest BCUT2D eigenvalue weighted by molar-refractivity contribution is 9.10. The second-order valence-electron chi connectivity index (χ2n) is 6.05. The molecular formula is C19H19BrN4OS2. The monoisotopic (exact) mass is 462 g/mol. The molecule has 0 spiro atoms. The smallest absolute Gasteiger partial charge is 0.234 e. The van der Waals surface area contributed by atoms with Crippen LogP contribution in [0.5, 0.6) is 0 Å². The van der Waals surface area contributed by atoms with Gasteiger partial charge in [-0.05, 0) is 61.7 Å². The predicted octanol–water partition coefficient (Wildman–Crippen LogP) is 5.70. The number of benzene rings is 2. The highest BCUT2D eigenvalue weighted by Crippen LogP contribution is 2.29. The number of nitrogens with one attached hydrogen (secondary N) is 2. The van der Waals surface area contributed by atoms with Crippen molar-refractivity contribution in [3.63, 3.8) is 0 Å². The van der Waals surface area contributed by atoms with E-state index < -0.39 is 0 Å². The third kappa shape index (κ3) is 5.31. The van der Waals surface area contributed by atoms with E-state index in [2.05, 4.69) is 56.7 Å². The van der Waals surface area contributed by atoms with Crippen LogP contribution in [0.3, 0.4) is 0 Å². The van der Waals surface area contributed by atoms with Gasteiger partial charge in [0, 0.05) is 15.8 Å². The zero-order valence-electron chi connectivity index (χ0n) is 15.2. The minimum atomic E-state index is -0.0686. The second-order valence-corrected chi connectivity index (χ2v) is 9.10. The third-order valence-electron chi connectivity index (χ3n) is 4.02. The Labute approximate surface area is 175 Å². The lowest BCUT2D eigenvalue weighted by atomic mass is 10.1. The molecule has 2 N–H and O–H groups in total. The molecule has 0 aliphatic heterocycles. The maximum absolute atomic E-state index is 12.2.